The van der Waals surface area contributed by atoms with Crippen LogP contribution in [0.5, 0.6) is 0 Å². The Balaban J connectivity index is 2.61. The van der Waals surface area contributed by atoms with Gasteiger partial charge in [-0.3, -0.25) is 4.79 Å². The number of carbonyl (C=O) groups is 1. The lowest BCUT2D eigenvalue weighted by molar-refractivity contribution is -0.142. The van der Waals surface area contributed by atoms with Gasteiger partial charge < -0.3 is 10.6 Å². The van der Waals surface area contributed by atoms with Crippen molar-refractivity contribution in [3.05, 3.63) is 0 Å². The molecule has 0 aromatic carbocycles. The van der Waals surface area contributed by atoms with Crippen LogP contribution in [-0.4, -0.2) is 42.4 Å². The lowest BCUT2D eigenvalue weighted by Gasteiger charge is -2.34. The van der Waals surface area contributed by atoms with E-state index in [1.165, 1.54) is 0 Å². The van der Waals surface area contributed by atoms with Crippen LogP contribution in [0.3, 0.4) is 0 Å². The minimum atomic E-state index is -0.248. The molecule has 0 bridgehead atoms. The Morgan fingerprint density at radius 3 is 2.53 bits per heavy atom. The van der Waals surface area contributed by atoms with Gasteiger partial charge in [0.1, 0.15) is 0 Å². The van der Waals surface area contributed by atoms with E-state index in [4.69, 9.17) is 5.73 Å². The Morgan fingerprint density at radius 2 is 2.06 bits per heavy atom. The van der Waals surface area contributed by atoms with Crippen molar-refractivity contribution in [2.24, 2.45) is 11.1 Å². The van der Waals surface area contributed by atoms with E-state index in [2.05, 4.69) is 13.2 Å². The molecule has 1 fully saturated rings. The fourth-order valence-corrected chi connectivity index (χ4v) is 3.19. The monoisotopic (exact) mass is 258 g/mol. The number of thioether (sulfide) groups is 1. The molecule has 1 saturated carbocycles. The van der Waals surface area contributed by atoms with Crippen molar-refractivity contribution in [1.82, 2.24) is 4.90 Å². The maximum atomic E-state index is 12.5. The van der Waals surface area contributed by atoms with E-state index in [0.717, 1.165) is 37.9 Å². The van der Waals surface area contributed by atoms with Crippen LogP contribution in [0, 0.1) is 5.41 Å². The van der Waals surface area contributed by atoms with E-state index in [1.54, 1.807) is 0 Å². The van der Waals surface area contributed by atoms with Gasteiger partial charge in [-0.2, -0.15) is 11.8 Å². The summed E-state index contributed by atoms with van der Waals surface area (Å²) < 4.78 is 0. The van der Waals surface area contributed by atoms with Crippen LogP contribution < -0.4 is 5.73 Å². The van der Waals surface area contributed by atoms with E-state index in [0.29, 0.717) is 12.6 Å². The quantitative estimate of drug-likeness (QED) is 0.793. The Morgan fingerprint density at radius 1 is 1.47 bits per heavy atom. The van der Waals surface area contributed by atoms with Crippen molar-refractivity contribution >= 4 is 17.7 Å². The van der Waals surface area contributed by atoms with Crippen molar-refractivity contribution in [3.8, 4) is 0 Å². The molecule has 0 saturated heterocycles. The molecule has 1 aliphatic carbocycles. The Bertz CT molecular complexity index is 252. The molecule has 1 rings (SSSR count). The summed E-state index contributed by atoms with van der Waals surface area (Å²) in [6, 6.07) is 0.318. The number of hydrogen-bond acceptors (Lipinski definition) is 3. The molecule has 3 nitrogen and oxygen atoms in total. The summed E-state index contributed by atoms with van der Waals surface area (Å²) >= 11 is 1.83. The number of nitrogens with zero attached hydrogens (tertiary/aromatic N) is 1. The molecular formula is C13H26N2OS. The lowest BCUT2D eigenvalue weighted by Crippen LogP contribution is -2.48. The normalized spacial score (nSPS) is 20.2. The first-order valence-corrected chi connectivity index (χ1v) is 7.93. The second-order valence-electron chi connectivity index (χ2n) is 5.24. The number of hydrogen-bond donors (Lipinski definition) is 1. The first-order valence-electron chi connectivity index (χ1n) is 6.53. The van der Waals surface area contributed by atoms with Gasteiger partial charge in [0.15, 0.2) is 0 Å². The third kappa shape index (κ3) is 3.38. The van der Waals surface area contributed by atoms with Gasteiger partial charge in [-0.05, 0) is 38.2 Å². The Labute approximate surface area is 109 Å². The minimum Gasteiger partial charge on any atom is -0.343 e. The smallest absolute Gasteiger partial charge is 0.230 e. The Hall–Kier alpha value is -0.220. The van der Waals surface area contributed by atoms with E-state index in [9.17, 15) is 4.79 Å². The fraction of sp³-hybridized carbons (Fsp3) is 0.923. The SMILES string of the molecule is CSCCC(C)N(C)C(=O)C1(CN)CCCC1. The largest absolute Gasteiger partial charge is 0.343 e. The van der Waals surface area contributed by atoms with Gasteiger partial charge in [0.05, 0.1) is 5.41 Å². The predicted molar refractivity (Wildman–Crippen MR) is 75.2 cm³/mol. The van der Waals surface area contributed by atoms with Gasteiger partial charge in [0.25, 0.3) is 0 Å². The zero-order valence-corrected chi connectivity index (χ0v) is 12.2. The summed E-state index contributed by atoms with van der Waals surface area (Å²) in [7, 11) is 1.93. The molecule has 2 N–H and O–H groups in total. The molecule has 1 aliphatic rings. The first kappa shape index (κ1) is 14.8. The van der Waals surface area contributed by atoms with Gasteiger partial charge in [-0.15, -0.1) is 0 Å². The molecule has 100 valence electrons. The van der Waals surface area contributed by atoms with Crippen LogP contribution in [0.2, 0.25) is 0 Å². The van der Waals surface area contributed by atoms with E-state index in [-0.39, 0.29) is 11.3 Å². The topological polar surface area (TPSA) is 46.3 Å². The number of carbonyl (C=O) groups excluding carboxylic acids is 1. The van der Waals surface area contributed by atoms with Crippen LogP contribution in [0.15, 0.2) is 0 Å². The first-order chi connectivity index (χ1) is 8.07. The molecule has 0 aromatic rings. The number of nitrogens with two attached hydrogens (primary N) is 1. The van der Waals surface area contributed by atoms with Crippen LogP contribution in [0.25, 0.3) is 0 Å². The maximum Gasteiger partial charge on any atom is 0.230 e. The third-order valence-electron chi connectivity index (χ3n) is 4.13. The third-order valence-corrected chi connectivity index (χ3v) is 4.77. The highest BCUT2D eigenvalue weighted by molar-refractivity contribution is 7.98. The van der Waals surface area contributed by atoms with Gasteiger partial charge >= 0.3 is 0 Å². The molecule has 0 radical (unpaired) electrons. The van der Waals surface area contributed by atoms with Crippen molar-refractivity contribution < 1.29 is 4.79 Å². The van der Waals surface area contributed by atoms with E-state index in [1.807, 2.05) is 23.7 Å². The molecule has 0 aromatic heterocycles. The van der Waals surface area contributed by atoms with Crippen LogP contribution in [-0.2, 0) is 4.79 Å². The molecule has 1 unspecified atom stereocenters. The second-order valence-corrected chi connectivity index (χ2v) is 6.22. The van der Waals surface area contributed by atoms with Gasteiger partial charge in [0.2, 0.25) is 5.91 Å². The highest BCUT2D eigenvalue weighted by Gasteiger charge is 2.42. The maximum absolute atomic E-state index is 12.5. The summed E-state index contributed by atoms with van der Waals surface area (Å²) in [6.45, 7) is 2.64. The lowest BCUT2D eigenvalue weighted by atomic mass is 9.84. The van der Waals surface area contributed by atoms with Gasteiger partial charge in [-0.25, -0.2) is 0 Å². The standard InChI is InChI=1S/C13H26N2OS/c1-11(6-9-17-3)15(2)12(16)13(10-14)7-4-5-8-13/h11H,4-10,14H2,1-3H3. The van der Waals surface area contributed by atoms with Crippen LogP contribution >= 0.6 is 11.8 Å². The van der Waals surface area contributed by atoms with Gasteiger partial charge in [0, 0.05) is 19.6 Å². The molecule has 1 amide bonds. The van der Waals surface area contributed by atoms with Crippen molar-refractivity contribution in [2.45, 2.75) is 45.1 Å². The van der Waals surface area contributed by atoms with E-state index < -0.39 is 0 Å². The molecule has 0 aliphatic heterocycles. The average molecular weight is 258 g/mol. The number of amides is 1. The van der Waals surface area contributed by atoms with E-state index >= 15 is 0 Å². The highest BCUT2D eigenvalue weighted by atomic mass is 32.2. The summed E-state index contributed by atoms with van der Waals surface area (Å²) in [5.74, 6) is 1.38. The Kier molecular flexibility index (Phi) is 5.80. The second kappa shape index (κ2) is 6.64. The van der Waals surface area contributed by atoms with Crippen molar-refractivity contribution in [2.75, 3.05) is 25.6 Å². The van der Waals surface area contributed by atoms with Crippen molar-refractivity contribution in [3.63, 3.8) is 0 Å². The highest BCUT2D eigenvalue weighted by Crippen LogP contribution is 2.39. The summed E-state index contributed by atoms with van der Waals surface area (Å²) in [6.07, 6.45) is 7.41. The number of rotatable bonds is 6. The minimum absolute atomic E-state index is 0.248. The molecule has 1 atom stereocenters. The molecular weight excluding hydrogens is 232 g/mol. The zero-order chi connectivity index (χ0) is 12.9. The molecule has 17 heavy (non-hydrogen) atoms. The fourth-order valence-electron chi connectivity index (χ4n) is 2.61. The van der Waals surface area contributed by atoms with Gasteiger partial charge in [-0.1, -0.05) is 12.8 Å². The summed E-state index contributed by atoms with van der Waals surface area (Å²) in [5.41, 5.74) is 5.61. The van der Waals surface area contributed by atoms with Crippen molar-refractivity contribution in [1.29, 1.82) is 0 Å². The summed E-state index contributed by atoms with van der Waals surface area (Å²) in [5, 5.41) is 0. The summed E-state index contributed by atoms with van der Waals surface area (Å²) in [4.78, 5) is 14.5. The molecule has 0 spiro atoms. The zero-order valence-electron chi connectivity index (χ0n) is 11.4. The molecule has 4 heteroatoms. The predicted octanol–water partition coefficient (Wildman–Crippen LogP) is 2.11. The average Bonchev–Trinajstić information content (AvgIpc) is 2.83. The van der Waals surface area contributed by atoms with Crippen LogP contribution in [0.4, 0.5) is 0 Å². The van der Waals surface area contributed by atoms with Crippen LogP contribution in [0.1, 0.15) is 39.0 Å². The molecule has 0 heterocycles.